The van der Waals surface area contributed by atoms with Gasteiger partial charge in [0.05, 0.1) is 12.8 Å². The molecule has 1 N–H and O–H groups in total. The minimum absolute atomic E-state index is 0.873. The van der Waals surface area contributed by atoms with Crippen molar-refractivity contribution in [3.8, 4) is 0 Å². The third kappa shape index (κ3) is 2.61. The van der Waals surface area contributed by atoms with Crippen LogP contribution in [0.1, 0.15) is 31.9 Å². The minimum Gasteiger partial charge on any atom is -0.468 e. The molecule has 2 heteroatoms. The molecule has 1 aliphatic carbocycles. The maximum Gasteiger partial charge on any atom is 0.117 e. The second-order valence-corrected chi connectivity index (χ2v) is 4.49. The van der Waals surface area contributed by atoms with E-state index in [-0.39, 0.29) is 0 Å². The highest BCUT2D eigenvalue weighted by Gasteiger charge is 2.20. The van der Waals surface area contributed by atoms with Crippen molar-refractivity contribution in [3.63, 3.8) is 0 Å². The Labute approximate surface area is 85.7 Å². The standard InChI is InChI=1S/C12H19NO/c1-10-4-5-11(7-10)8-13-9-12-3-2-6-14-12/h2-3,6,10-11,13H,4-5,7-9H2,1H3. The molecule has 2 nitrogen and oxygen atoms in total. The van der Waals surface area contributed by atoms with Gasteiger partial charge in [0.25, 0.3) is 0 Å². The molecule has 0 spiro atoms. The molecule has 0 saturated heterocycles. The number of nitrogens with one attached hydrogen (secondary N) is 1. The molecule has 2 unspecified atom stereocenters. The second kappa shape index (κ2) is 4.65. The number of furan rings is 1. The Hall–Kier alpha value is -0.760. The van der Waals surface area contributed by atoms with Gasteiger partial charge < -0.3 is 9.73 Å². The van der Waals surface area contributed by atoms with E-state index in [1.807, 2.05) is 12.1 Å². The first-order valence-electron chi connectivity index (χ1n) is 5.57. The average Bonchev–Trinajstić information content (AvgIpc) is 2.77. The van der Waals surface area contributed by atoms with E-state index in [2.05, 4.69) is 12.2 Å². The molecule has 1 aliphatic rings. The summed E-state index contributed by atoms with van der Waals surface area (Å²) in [6, 6.07) is 3.96. The molecule has 2 atom stereocenters. The van der Waals surface area contributed by atoms with E-state index in [4.69, 9.17) is 4.42 Å². The molecule has 0 aliphatic heterocycles. The molecule has 0 amide bonds. The van der Waals surface area contributed by atoms with Crippen molar-refractivity contribution in [1.82, 2.24) is 5.32 Å². The van der Waals surface area contributed by atoms with Gasteiger partial charge in [0, 0.05) is 0 Å². The van der Waals surface area contributed by atoms with E-state index in [0.29, 0.717) is 0 Å². The normalized spacial score (nSPS) is 26.9. The molecular weight excluding hydrogens is 174 g/mol. The van der Waals surface area contributed by atoms with Gasteiger partial charge in [0.15, 0.2) is 0 Å². The largest absolute Gasteiger partial charge is 0.468 e. The minimum atomic E-state index is 0.873. The first kappa shape index (κ1) is 9.78. The van der Waals surface area contributed by atoms with Gasteiger partial charge in [-0.25, -0.2) is 0 Å². The van der Waals surface area contributed by atoms with Gasteiger partial charge in [-0.15, -0.1) is 0 Å². The van der Waals surface area contributed by atoms with Crippen molar-refractivity contribution in [2.24, 2.45) is 11.8 Å². The summed E-state index contributed by atoms with van der Waals surface area (Å²) in [5, 5.41) is 3.46. The fraction of sp³-hybridized carbons (Fsp3) is 0.667. The number of hydrogen-bond acceptors (Lipinski definition) is 2. The maximum absolute atomic E-state index is 5.26. The van der Waals surface area contributed by atoms with Gasteiger partial charge in [-0.2, -0.15) is 0 Å². The lowest BCUT2D eigenvalue weighted by atomic mass is 10.1. The maximum atomic E-state index is 5.26. The van der Waals surface area contributed by atoms with E-state index in [1.54, 1.807) is 6.26 Å². The summed E-state index contributed by atoms with van der Waals surface area (Å²) in [7, 11) is 0. The highest BCUT2D eigenvalue weighted by atomic mass is 16.3. The molecule has 1 saturated carbocycles. The summed E-state index contributed by atoms with van der Waals surface area (Å²) in [5.41, 5.74) is 0. The van der Waals surface area contributed by atoms with Gasteiger partial charge in [-0.1, -0.05) is 13.3 Å². The molecule has 1 aromatic heterocycles. The molecule has 1 fully saturated rings. The van der Waals surface area contributed by atoms with Crippen LogP contribution in [-0.2, 0) is 6.54 Å². The smallest absolute Gasteiger partial charge is 0.117 e. The zero-order valence-electron chi connectivity index (χ0n) is 8.83. The third-order valence-electron chi connectivity index (χ3n) is 3.12. The SMILES string of the molecule is CC1CCC(CNCc2ccco2)C1. The summed E-state index contributed by atoms with van der Waals surface area (Å²) in [4.78, 5) is 0. The lowest BCUT2D eigenvalue weighted by molar-refractivity contribution is 0.436. The molecule has 1 aromatic rings. The predicted octanol–water partition coefficient (Wildman–Crippen LogP) is 2.81. The topological polar surface area (TPSA) is 25.2 Å². The van der Waals surface area contributed by atoms with Crippen molar-refractivity contribution < 1.29 is 4.42 Å². The van der Waals surface area contributed by atoms with Crippen LogP contribution in [0.2, 0.25) is 0 Å². The molecule has 1 heterocycles. The Bertz CT molecular complexity index is 255. The van der Waals surface area contributed by atoms with E-state index in [0.717, 1.165) is 30.7 Å². The Morgan fingerprint density at radius 2 is 2.43 bits per heavy atom. The predicted molar refractivity (Wildman–Crippen MR) is 56.9 cm³/mol. The van der Waals surface area contributed by atoms with Crippen LogP contribution in [0, 0.1) is 11.8 Å². The molecule has 14 heavy (non-hydrogen) atoms. The van der Waals surface area contributed by atoms with Gasteiger partial charge in [0.2, 0.25) is 0 Å². The fourth-order valence-electron chi connectivity index (χ4n) is 2.32. The van der Waals surface area contributed by atoms with Gasteiger partial charge in [0.1, 0.15) is 5.76 Å². The van der Waals surface area contributed by atoms with Crippen LogP contribution in [0.25, 0.3) is 0 Å². The summed E-state index contributed by atoms with van der Waals surface area (Å²) < 4.78 is 5.26. The highest BCUT2D eigenvalue weighted by molar-refractivity contribution is 4.97. The molecule has 0 radical (unpaired) electrons. The van der Waals surface area contributed by atoms with Gasteiger partial charge >= 0.3 is 0 Å². The summed E-state index contributed by atoms with van der Waals surface area (Å²) in [6.45, 7) is 4.37. The fourth-order valence-corrected chi connectivity index (χ4v) is 2.32. The first-order chi connectivity index (χ1) is 6.84. The monoisotopic (exact) mass is 193 g/mol. The van der Waals surface area contributed by atoms with E-state index < -0.39 is 0 Å². The molecule has 2 rings (SSSR count). The van der Waals surface area contributed by atoms with Crippen LogP contribution in [-0.4, -0.2) is 6.54 Å². The zero-order chi connectivity index (χ0) is 9.80. The first-order valence-corrected chi connectivity index (χ1v) is 5.57. The van der Waals surface area contributed by atoms with Crippen LogP contribution in [0.3, 0.4) is 0 Å². The second-order valence-electron chi connectivity index (χ2n) is 4.49. The number of rotatable bonds is 4. The molecule has 0 bridgehead atoms. The zero-order valence-corrected chi connectivity index (χ0v) is 8.83. The van der Waals surface area contributed by atoms with E-state index >= 15 is 0 Å². The van der Waals surface area contributed by atoms with Crippen molar-refractivity contribution in [1.29, 1.82) is 0 Å². The molecular formula is C12H19NO. The van der Waals surface area contributed by atoms with Crippen LogP contribution in [0.4, 0.5) is 0 Å². The Morgan fingerprint density at radius 1 is 1.50 bits per heavy atom. The highest BCUT2D eigenvalue weighted by Crippen LogP contribution is 2.29. The number of hydrogen-bond donors (Lipinski definition) is 1. The van der Waals surface area contributed by atoms with Gasteiger partial charge in [-0.3, -0.25) is 0 Å². The Kier molecular flexibility index (Phi) is 3.25. The van der Waals surface area contributed by atoms with Crippen LogP contribution in [0.5, 0.6) is 0 Å². The van der Waals surface area contributed by atoms with Crippen LogP contribution >= 0.6 is 0 Å². The molecule has 78 valence electrons. The Morgan fingerprint density at radius 3 is 3.07 bits per heavy atom. The van der Waals surface area contributed by atoms with Crippen molar-refractivity contribution >= 4 is 0 Å². The van der Waals surface area contributed by atoms with Crippen LogP contribution in [0.15, 0.2) is 22.8 Å². The Balaban J connectivity index is 1.64. The lowest BCUT2D eigenvalue weighted by Crippen LogP contribution is -2.20. The summed E-state index contributed by atoms with van der Waals surface area (Å²) in [5.74, 6) is 2.86. The van der Waals surface area contributed by atoms with Crippen molar-refractivity contribution in [2.45, 2.75) is 32.7 Å². The quantitative estimate of drug-likeness (QED) is 0.795. The average molecular weight is 193 g/mol. The lowest BCUT2D eigenvalue weighted by Gasteiger charge is -2.09. The molecule has 0 aromatic carbocycles. The van der Waals surface area contributed by atoms with Gasteiger partial charge in [-0.05, 0) is 43.4 Å². The summed E-state index contributed by atoms with van der Waals surface area (Å²) in [6.07, 6.45) is 5.93. The van der Waals surface area contributed by atoms with Crippen molar-refractivity contribution in [3.05, 3.63) is 24.2 Å². The summed E-state index contributed by atoms with van der Waals surface area (Å²) >= 11 is 0. The van der Waals surface area contributed by atoms with Crippen LogP contribution < -0.4 is 5.32 Å². The third-order valence-corrected chi connectivity index (χ3v) is 3.12. The van der Waals surface area contributed by atoms with E-state index in [9.17, 15) is 0 Å². The van der Waals surface area contributed by atoms with E-state index in [1.165, 1.54) is 19.3 Å². The van der Waals surface area contributed by atoms with Crippen molar-refractivity contribution in [2.75, 3.05) is 6.54 Å².